The van der Waals surface area contributed by atoms with Crippen molar-refractivity contribution in [1.82, 2.24) is 15.6 Å². The molecular formula is C25H28ClFN4O6. The summed E-state index contributed by atoms with van der Waals surface area (Å²) in [6.45, 7) is -0.967. The molecule has 2 atom stereocenters. The molecule has 2 aromatic carbocycles. The van der Waals surface area contributed by atoms with Crippen LogP contribution >= 0.6 is 11.6 Å². The van der Waals surface area contributed by atoms with Gasteiger partial charge in [0.2, 0.25) is 5.91 Å². The van der Waals surface area contributed by atoms with Crippen molar-refractivity contribution in [3.05, 3.63) is 71.1 Å². The molecule has 10 nitrogen and oxygen atoms in total. The lowest BCUT2D eigenvalue weighted by atomic mass is 10.2. The normalized spacial score (nSPS) is 12.6. The second-order valence-electron chi connectivity index (χ2n) is 8.09. The van der Waals surface area contributed by atoms with Gasteiger partial charge in [-0.3, -0.25) is 10.1 Å². The zero-order chi connectivity index (χ0) is 26.6. The van der Waals surface area contributed by atoms with Crippen molar-refractivity contribution < 1.29 is 33.7 Å². The minimum absolute atomic E-state index is 0.0237. The molecule has 1 aromatic heterocycles. The Bertz CT molecular complexity index is 1200. The number of rotatable bonds is 13. The van der Waals surface area contributed by atoms with Crippen molar-refractivity contribution in [3.63, 3.8) is 0 Å². The minimum atomic E-state index is -1.09. The van der Waals surface area contributed by atoms with E-state index in [9.17, 15) is 19.1 Å². The Kier molecular flexibility index (Phi) is 11.0. The van der Waals surface area contributed by atoms with Crippen LogP contribution in [0.2, 0.25) is 5.02 Å². The maximum atomic E-state index is 13.6. The molecular weight excluding hydrogens is 507 g/mol. The standard InChI is InChI=1S/C25H28ClFN4O6/c26-24-18(6-3-7-21(24)27)9-28-11-23(34)30-19(13-36-15-20(33)12-32)14-37-25(35)31-22-8-16-4-1-2-5-17(16)10-29-22/h1-8,10,19-20,28,32-33H,9,11-15H2,(H,30,34)(H,29,31,35)/t19-,20-/m0/s1. The van der Waals surface area contributed by atoms with Crippen LogP contribution in [0.4, 0.5) is 15.0 Å². The van der Waals surface area contributed by atoms with Crippen molar-refractivity contribution in [2.24, 2.45) is 0 Å². The van der Waals surface area contributed by atoms with Crippen molar-refractivity contribution in [2.45, 2.75) is 18.7 Å². The highest BCUT2D eigenvalue weighted by Gasteiger charge is 2.17. The van der Waals surface area contributed by atoms with Crippen LogP contribution in [0.15, 0.2) is 54.7 Å². The van der Waals surface area contributed by atoms with E-state index >= 15 is 0 Å². The van der Waals surface area contributed by atoms with Gasteiger partial charge in [0.05, 0.1) is 37.4 Å². The lowest BCUT2D eigenvalue weighted by molar-refractivity contribution is -0.122. The quantitative estimate of drug-likeness (QED) is 0.225. The summed E-state index contributed by atoms with van der Waals surface area (Å²) in [6.07, 6.45) is -0.244. The molecule has 12 heteroatoms. The Balaban J connectivity index is 1.50. The molecule has 0 aliphatic carbocycles. The van der Waals surface area contributed by atoms with Crippen molar-refractivity contribution in [3.8, 4) is 0 Å². The highest BCUT2D eigenvalue weighted by Crippen LogP contribution is 2.19. The second-order valence-corrected chi connectivity index (χ2v) is 8.47. The fourth-order valence-corrected chi connectivity index (χ4v) is 3.47. The average molecular weight is 535 g/mol. The van der Waals surface area contributed by atoms with E-state index in [0.29, 0.717) is 11.4 Å². The third-order valence-corrected chi connectivity index (χ3v) is 5.54. The van der Waals surface area contributed by atoms with Crippen LogP contribution in [-0.4, -0.2) is 72.3 Å². The number of halogens is 2. The number of pyridine rings is 1. The van der Waals surface area contributed by atoms with Crippen molar-refractivity contribution in [2.75, 3.05) is 38.3 Å². The van der Waals surface area contributed by atoms with E-state index in [1.54, 1.807) is 18.3 Å². The maximum absolute atomic E-state index is 13.6. The van der Waals surface area contributed by atoms with Gasteiger partial charge in [-0.25, -0.2) is 14.2 Å². The zero-order valence-corrected chi connectivity index (χ0v) is 20.6. The fourth-order valence-electron chi connectivity index (χ4n) is 3.27. The number of hydrogen-bond acceptors (Lipinski definition) is 8. The SMILES string of the molecule is O=C(CNCc1cccc(F)c1Cl)N[C@@H](COC[C@@H](O)CO)COC(=O)Nc1cc2ccccc2cn1. The molecule has 3 rings (SSSR count). The number of aliphatic hydroxyl groups is 2. The van der Waals surface area contributed by atoms with E-state index in [1.165, 1.54) is 12.1 Å². The highest BCUT2D eigenvalue weighted by atomic mass is 35.5. The summed E-state index contributed by atoms with van der Waals surface area (Å²) in [7, 11) is 0. The van der Waals surface area contributed by atoms with Crippen LogP contribution in [-0.2, 0) is 20.8 Å². The van der Waals surface area contributed by atoms with Gasteiger partial charge >= 0.3 is 6.09 Å². The van der Waals surface area contributed by atoms with Gasteiger partial charge in [-0.2, -0.15) is 0 Å². The van der Waals surface area contributed by atoms with E-state index in [-0.39, 0.29) is 37.9 Å². The molecule has 0 aliphatic heterocycles. The molecule has 0 bridgehead atoms. The highest BCUT2D eigenvalue weighted by molar-refractivity contribution is 6.31. The smallest absolute Gasteiger partial charge is 0.412 e. The van der Waals surface area contributed by atoms with Crippen LogP contribution in [0, 0.1) is 5.82 Å². The Morgan fingerprint density at radius 1 is 1.08 bits per heavy atom. The predicted molar refractivity (Wildman–Crippen MR) is 136 cm³/mol. The fraction of sp³-hybridized carbons (Fsp3) is 0.320. The van der Waals surface area contributed by atoms with E-state index in [1.807, 2.05) is 24.3 Å². The van der Waals surface area contributed by atoms with Gasteiger partial charge in [-0.05, 0) is 23.1 Å². The van der Waals surface area contributed by atoms with E-state index < -0.39 is 36.6 Å². The van der Waals surface area contributed by atoms with Crippen molar-refractivity contribution >= 4 is 40.2 Å². The number of fused-ring (bicyclic) bond motifs is 1. The lowest BCUT2D eigenvalue weighted by Gasteiger charge is -2.20. The summed E-state index contributed by atoms with van der Waals surface area (Å²) < 4.78 is 24.1. The number of benzene rings is 2. The molecule has 2 amide bonds. The van der Waals surface area contributed by atoms with Gasteiger partial charge < -0.3 is 30.3 Å². The number of aromatic nitrogens is 1. The molecule has 0 fully saturated rings. The molecule has 0 spiro atoms. The number of carbonyl (C=O) groups is 2. The number of anilines is 1. The molecule has 37 heavy (non-hydrogen) atoms. The Morgan fingerprint density at radius 2 is 1.86 bits per heavy atom. The summed E-state index contributed by atoms with van der Waals surface area (Å²) in [6, 6.07) is 12.9. The number of ether oxygens (including phenoxy) is 2. The van der Waals surface area contributed by atoms with Gasteiger partial charge in [-0.15, -0.1) is 0 Å². The predicted octanol–water partition coefficient (Wildman–Crippen LogP) is 2.22. The second kappa shape index (κ2) is 14.4. The first-order valence-electron chi connectivity index (χ1n) is 11.4. The molecule has 0 saturated heterocycles. The Labute approximate surface area is 217 Å². The Hall–Kier alpha value is -3.35. The largest absolute Gasteiger partial charge is 0.447 e. The number of aliphatic hydroxyl groups excluding tert-OH is 2. The average Bonchev–Trinajstić information content (AvgIpc) is 2.89. The number of hydrogen-bond donors (Lipinski definition) is 5. The molecule has 1 heterocycles. The third-order valence-electron chi connectivity index (χ3n) is 5.11. The van der Waals surface area contributed by atoms with Crippen LogP contribution < -0.4 is 16.0 Å². The van der Waals surface area contributed by atoms with Crippen LogP contribution in [0.3, 0.4) is 0 Å². The molecule has 0 saturated carbocycles. The molecule has 5 N–H and O–H groups in total. The zero-order valence-electron chi connectivity index (χ0n) is 19.8. The molecule has 0 aliphatic rings. The summed E-state index contributed by atoms with van der Waals surface area (Å²) in [5.74, 6) is -0.696. The number of nitrogens with zero attached hydrogens (tertiary/aromatic N) is 1. The molecule has 0 radical (unpaired) electrons. The third kappa shape index (κ3) is 9.23. The minimum Gasteiger partial charge on any atom is -0.447 e. The monoisotopic (exact) mass is 534 g/mol. The van der Waals surface area contributed by atoms with E-state index in [4.69, 9.17) is 26.2 Å². The first-order valence-corrected chi connectivity index (χ1v) is 11.8. The number of carbonyl (C=O) groups excluding carboxylic acids is 2. The van der Waals surface area contributed by atoms with Crippen LogP contribution in [0.1, 0.15) is 5.56 Å². The van der Waals surface area contributed by atoms with Gasteiger partial charge in [-0.1, -0.05) is 48.0 Å². The van der Waals surface area contributed by atoms with Gasteiger partial charge in [0.15, 0.2) is 0 Å². The first kappa shape index (κ1) is 28.2. The summed E-state index contributed by atoms with van der Waals surface area (Å²) >= 11 is 5.92. The topological polar surface area (TPSA) is 142 Å². The van der Waals surface area contributed by atoms with Crippen LogP contribution in [0.25, 0.3) is 10.8 Å². The molecule has 198 valence electrons. The number of nitrogens with one attached hydrogen (secondary N) is 3. The summed E-state index contributed by atoms with van der Waals surface area (Å²) in [5, 5.41) is 28.2. The molecule has 3 aromatic rings. The lowest BCUT2D eigenvalue weighted by Crippen LogP contribution is -2.46. The molecule has 0 unspecified atom stereocenters. The van der Waals surface area contributed by atoms with Gasteiger partial charge in [0.25, 0.3) is 0 Å². The van der Waals surface area contributed by atoms with Gasteiger partial charge in [0.1, 0.15) is 24.3 Å². The summed E-state index contributed by atoms with van der Waals surface area (Å²) in [5.41, 5.74) is 0.495. The first-order chi connectivity index (χ1) is 17.9. The van der Waals surface area contributed by atoms with E-state index in [0.717, 1.165) is 10.8 Å². The van der Waals surface area contributed by atoms with Crippen LogP contribution in [0.5, 0.6) is 0 Å². The van der Waals surface area contributed by atoms with E-state index in [2.05, 4.69) is 20.9 Å². The number of amides is 2. The van der Waals surface area contributed by atoms with Crippen molar-refractivity contribution in [1.29, 1.82) is 0 Å². The maximum Gasteiger partial charge on any atom is 0.412 e. The van der Waals surface area contributed by atoms with Gasteiger partial charge in [0, 0.05) is 18.1 Å². The Morgan fingerprint density at radius 3 is 2.65 bits per heavy atom. The summed E-state index contributed by atoms with van der Waals surface area (Å²) in [4.78, 5) is 28.9.